The Bertz CT molecular complexity index is 1360. The zero-order valence-electron chi connectivity index (χ0n) is 19.4. The quantitative estimate of drug-likeness (QED) is 0.429. The van der Waals surface area contributed by atoms with Gasteiger partial charge in [0, 0.05) is 23.7 Å². The van der Waals surface area contributed by atoms with Crippen LogP contribution in [0.25, 0.3) is 0 Å². The fraction of sp³-hybridized carbons (Fsp3) is 0.250. The van der Waals surface area contributed by atoms with Crippen molar-refractivity contribution in [1.82, 2.24) is 20.4 Å². The van der Waals surface area contributed by atoms with Crippen molar-refractivity contribution >= 4 is 52.0 Å². The van der Waals surface area contributed by atoms with Crippen LogP contribution in [0.5, 0.6) is 0 Å². The van der Waals surface area contributed by atoms with Gasteiger partial charge in [-0.15, -0.1) is 0 Å². The van der Waals surface area contributed by atoms with Crippen LogP contribution in [0, 0.1) is 6.92 Å². The average Bonchev–Trinajstić information content (AvgIpc) is 3.61. The Morgan fingerprint density at radius 3 is 2.83 bits per heavy atom. The van der Waals surface area contributed by atoms with Crippen LogP contribution < -0.4 is 10.6 Å². The number of fused-ring (bicyclic) bond motifs is 3. The minimum atomic E-state index is -0.716. The summed E-state index contributed by atoms with van der Waals surface area (Å²) in [7, 11) is 0. The lowest BCUT2D eigenvalue weighted by molar-refractivity contribution is -0.125. The van der Waals surface area contributed by atoms with E-state index in [1.807, 2.05) is 31.2 Å². The summed E-state index contributed by atoms with van der Waals surface area (Å²) in [5.41, 5.74) is 2.23. The van der Waals surface area contributed by atoms with Gasteiger partial charge in [0.1, 0.15) is 17.6 Å². The van der Waals surface area contributed by atoms with Gasteiger partial charge < -0.3 is 15.1 Å². The number of nitrogens with zero attached hydrogens (tertiary/aromatic N) is 4. The van der Waals surface area contributed by atoms with Gasteiger partial charge >= 0.3 is 0 Å². The highest BCUT2D eigenvalue weighted by atomic mass is 32.2. The Morgan fingerprint density at radius 2 is 2.06 bits per heavy atom. The van der Waals surface area contributed by atoms with E-state index in [0.717, 1.165) is 23.0 Å². The number of benzene rings is 1. The molecule has 2 aliphatic heterocycles. The van der Waals surface area contributed by atoms with Crippen LogP contribution in [-0.4, -0.2) is 55.6 Å². The van der Waals surface area contributed by atoms with Crippen LogP contribution in [0.1, 0.15) is 29.9 Å². The van der Waals surface area contributed by atoms with E-state index >= 15 is 0 Å². The van der Waals surface area contributed by atoms with Gasteiger partial charge in [0.15, 0.2) is 11.0 Å². The molecule has 0 saturated heterocycles. The molecule has 3 N–H and O–H groups in total. The molecule has 3 aromatic rings. The standard InChI is InChI=1S/C24H23N7O4S/c1-14-11-19(30-29-14)28-21(33)13-36-24-27-17-7-3-2-6-16(17)22-26-18(23(34)31(22)24)8-9-20(32)25-12-15-5-4-10-35-15/h2-7,10-11,18H,8-9,12-13H2,1H3,(H,25,32)(H2,28,29,30,33)/t18-/m0/s1. The summed E-state index contributed by atoms with van der Waals surface area (Å²) >= 11 is 1.14. The molecule has 36 heavy (non-hydrogen) atoms. The number of furan rings is 1. The smallest absolute Gasteiger partial charge is 0.259 e. The summed E-state index contributed by atoms with van der Waals surface area (Å²) in [6.07, 6.45) is 1.93. The maximum absolute atomic E-state index is 13.3. The fourth-order valence-electron chi connectivity index (χ4n) is 3.83. The summed E-state index contributed by atoms with van der Waals surface area (Å²) in [6, 6.07) is 11.9. The molecule has 0 aliphatic carbocycles. The molecule has 0 radical (unpaired) electrons. The van der Waals surface area contributed by atoms with Crippen LogP contribution in [0.3, 0.4) is 0 Å². The maximum Gasteiger partial charge on any atom is 0.259 e. The number of thioether (sulfide) groups is 1. The number of carbonyl (C=O) groups excluding carboxylic acids is 3. The lowest BCUT2D eigenvalue weighted by Crippen LogP contribution is -2.41. The first-order valence-electron chi connectivity index (χ1n) is 11.3. The number of rotatable bonds is 8. The number of nitrogens with one attached hydrogen (secondary N) is 3. The zero-order chi connectivity index (χ0) is 25.1. The van der Waals surface area contributed by atoms with Crippen molar-refractivity contribution < 1.29 is 18.8 Å². The highest BCUT2D eigenvalue weighted by Gasteiger charge is 2.41. The highest BCUT2D eigenvalue weighted by molar-refractivity contribution is 8.14. The Kier molecular flexibility index (Phi) is 6.67. The number of aromatic nitrogens is 2. The first-order chi connectivity index (χ1) is 17.5. The van der Waals surface area contributed by atoms with Crippen molar-refractivity contribution in [2.24, 2.45) is 9.98 Å². The maximum atomic E-state index is 13.3. The lowest BCUT2D eigenvalue weighted by Gasteiger charge is -2.25. The number of anilines is 1. The van der Waals surface area contributed by atoms with Crippen LogP contribution in [0.4, 0.5) is 11.5 Å². The number of aryl methyl sites for hydroxylation is 1. The molecule has 1 atom stereocenters. The van der Waals surface area contributed by atoms with E-state index in [9.17, 15) is 14.4 Å². The summed E-state index contributed by atoms with van der Waals surface area (Å²) in [5.74, 6) is 0.855. The molecule has 11 nitrogen and oxygen atoms in total. The second-order valence-corrected chi connectivity index (χ2v) is 9.16. The van der Waals surface area contributed by atoms with Gasteiger partial charge in [0.2, 0.25) is 11.8 Å². The molecule has 0 bridgehead atoms. The largest absolute Gasteiger partial charge is 0.467 e. The van der Waals surface area contributed by atoms with E-state index in [1.165, 1.54) is 4.90 Å². The Hall–Kier alpha value is -4.19. The van der Waals surface area contributed by atoms with Gasteiger partial charge in [0.25, 0.3) is 5.91 Å². The number of para-hydroxylation sites is 1. The molecule has 0 unspecified atom stereocenters. The normalized spacial score (nSPS) is 16.2. The van der Waals surface area contributed by atoms with E-state index < -0.39 is 6.04 Å². The minimum Gasteiger partial charge on any atom is -0.467 e. The molecule has 0 spiro atoms. The fourth-order valence-corrected chi connectivity index (χ4v) is 4.63. The summed E-state index contributed by atoms with van der Waals surface area (Å²) in [6.45, 7) is 2.12. The van der Waals surface area contributed by atoms with Gasteiger partial charge in [-0.3, -0.25) is 24.5 Å². The molecule has 2 aromatic heterocycles. The van der Waals surface area contributed by atoms with Gasteiger partial charge in [-0.1, -0.05) is 23.9 Å². The number of hydrogen-bond donors (Lipinski definition) is 3. The van der Waals surface area contributed by atoms with Crippen LogP contribution in [-0.2, 0) is 20.9 Å². The molecule has 3 amide bonds. The molecule has 1 aromatic carbocycles. The van der Waals surface area contributed by atoms with Crippen LogP contribution in [0.15, 0.2) is 63.1 Å². The molecular weight excluding hydrogens is 482 g/mol. The predicted molar refractivity (Wildman–Crippen MR) is 135 cm³/mol. The SMILES string of the molecule is Cc1cc(NC(=O)CSC2=Nc3ccccc3C3=N[C@@H](CCC(=O)NCc4ccco4)C(=O)N23)n[nH]1. The number of carbonyl (C=O) groups is 3. The second kappa shape index (κ2) is 10.2. The average molecular weight is 506 g/mol. The number of amides is 3. The lowest BCUT2D eigenvalue weighted by atomic mass is 10.1. The molecule has 2 aliphatic rings. The third-order valence-electron chi connectivity index (χ3n) is 5.54. The Balaban J connectivity index is 1.25. The highest BCUT2D eigenvalue weighted by Crippen LogP contribution is 2.34. The predicted octanol–water partition coefficient (Wildman–Crippen LogP) is 2.74. The van der Waals surface area contributed by atoms with E-state index in [1.54, 1.807) is 24.5 Å². The minimum absolute atomic E-state index is 0.0316. The summed E-state index contributed by atoms with van der Waals surface area (Å²) in [5, 5.41) is 12.6. The molecular formula is C24H23N7O4S. The number of aliphatic imine (C=N–C) groups is 2. The van der Waals surface area contributed by atoms with Crippen molar-refractivity contribution in [3.05, 3.63) is 65.7 Å². The van der Waals surface area contributed by atoms with Crippen molar-refractivity contribution in [3.63, 3.8) is 0 Å². The number of H-pyrrole nitrogens is 1. The van der Waals surface area contributed by atoms with Gasteiger partial charge in [-0.2, -0.15) is 5.10 Å². The van der Waals surface area contributed by atoms with Gasteiger partial charge in [0.05, 0.1) is 24.2 Å². The Morgan fingerprint density at radius 1 is 1.19 bits per heavy atom. The van der Waals surface area contributed by atoms with Crippen molar-refractivity contribution in [1.29, 1.82) is 0 Å². The van der Waals surface area contributed by atoms with E-state index in [4.69, 9.17) is 4.42 Å². The Labute approximate surface area is 210 Å². The van der Waals surface area contributed by atoms with E-state index in [-0.39, 0.29) is 42.9 Å². The third kappa shape index (κ3) is 5.08. The second-order valence-electron chi connectivity index (χ2n) is 8.22. The third-order valence-corrected chi connectivity index (χ3v) is 6.48. The van der Waals surface area contributed by atoms with E-state index in [2.05, 4.69) is 30.8 Å². The summed E-state index contributed by atoms with van der Waals surface area (Å²) < 4.78 is 5.22. The first-order valence-corrected chi connectivity index (χ1v) is 12.3. The monoisotopic (exact) mass is 505 g/mol. The van der Waals surface area contributed by atoms with Gasteiger partial charge in [-0.25, -0.2) is 9.89 Å². The topological polar surface area (TPSA) is 145 Å². The number of amidine groups is 2. The van der Waals surface area contributed by atoms with Crippen molar-refractivity contribution in [2.75, 3.05) is 11.1 Å². The molecule has 5 rings (SSSR count). The van der Waals surface area contributed by atoms with Crippen molar-refractivity contribution in [3.8, 4) is 0 Å². The van der Waals surface area contributed by atoms with Gasteiger partial charge in [-0.05, 0) is 37.6 Å². The number of hydrogen-bond acceptors (Lipinski definition) is 8. The molecule has 12 heteroatoms. The number of aromatic amines is 1. The van der Waals surface area contributed by atoms with Crippen LogP contribution >= 0.6 is 11.8 Å². The molecule has 184 valence electrons. The molecule has 0 saturated carbocycles. The van der Waals surface area contributed by atoms with E-state index in [0.29, 0.717) is 28.3 Å². The molecule has 0 fully saturated rings. The zero-order valence-corrected chi connectivity index (χ0v) is 20.2. The van der Waals surface area contributed by atoms with Crippen molar-refractivity contribution in [2.45, 2.75) is 32.4 Å². The first kappa shape index (κ1) is 23.5. The van der Waals surface area contributed by atoms with Crippen LogP contribution in [0.2, 0.25) is 0 Å². The molecule has 4 heterocycles. The summed E-state index contributed by atoms with van der Waals surface area (Å²) in [4.78, 5) is 48.8.